The molecule has 5 nitrogen and oxygen atoms in total. The molecular weight excluding hydrogens is 459 g/mol. The third-order valence-electron chi connectivity index (χ3n) is 5.13. The van der Waals surface area contributed by atoms with E-state index in [9.17, 15) is 4.79 Å². The number of hydrogen-bond donors (Lipinski definition) is 2. The van der Waals surface area contributed by atoms with Gasteiger partial charge < -0.3 is 19.0 Å². The van der Waals surface area contributed by atoms with Crippen molar-refractivity contribution in [2.45, 2.75) is 39.7 Å². The van der Waals surface area contributed by atoms with Gasteiger partial charge in [0.05, 0.1) is 0 Å². The van der Waals surface area contributed by atoms with Gasteiger partial charge in [0.1, 0.15) is 11.4 Å². The number of hydrogen-bond acceptors (Lipinski definition) is 5. The fourth-order valence-electron chi connectivity index (χ4n) is 3.72. The summed E-state index contributed by atoms with van der Waals surface area (Å²) in [5.41, 5.74) is 5.76. The molecule has 3 aromatic rings. The van der Waals surface area contributed by atoms with Gasteiger partial charge in [-0.15, -0.1) is 0 Å². The molecule has 0 aliphatic carbocycles. The molecule has 0 spiro atoms. The van der Waals surface area contributed by atoms with Crippen molar-refractivity contribution in [2.75, 3.05) is 0 Å². The lowest BCUT2D eigenvalue weighted by Gasteiger charge is -2.18. The van der Waals surface area contributed by atoms with Gasteiger partial charge >= 0.3 is 14.6 Å². The second-order valence-electron chi connectivity index (χ2n) is 8.93. The summed E-state index contributed by atoms with van der Waals surface area (Å²) in [7, 11) is -2.47. The van der Waals surface area contributed by atoms with Crippen LogP contribution in [0.4, 0.5) is 0 Å². The van der Waals surface area contributed by atoms with Crippen molar-refractivity contribution < 1.29 is 23.8 Å². The van der Waals surface area contributed by atoms with Crippen LogP contribution in [0.3, 0.4) is 0 Å². The summed E-state index contributed by atoms with van der Waals surface area (Å²) in [5.74, 6) is 0.0147. The van der Waals surface area contributed by atoms with Crippen molar-refractivity contribution in [3.63, 3.8) is 0 Å². The van der Waals surface area contributed by atoms with Crippen LogP contribution in [0.5, 0.6) is 5.75 Å². The molecule has 0 bridgehead atoms. The van der Waals surface area contributed by atoms with Gasteiger partial charge in [0.25, 0.3) is 0 Å². The molecule has 35 heavy (non-hydrogen) atoms. The molecule has 0 heterocycles. The summed E-state index contributed by atoms with van der Waals surface area (Å²) in [6.45, 7) is 7.64. The molecule has 0 aromatic heterocycles. The van der Waals surface area contributed by atoms with Crippen LogP contribution in [-0.4, -0.2) is 21.4 Å². The molecule has 3 aromatic carbocycles. The van der Waals surface area contributed by atoms with Gasteiger partial charge in [-0.1, -0.05) is 73.7 Å². The van der Waals surface area contributed by atoms with Gasteiger partial charge in [0.15, 0.2) is 0 Å². The fourth-order valence-corrected chi connectivity index (χ4v) is 4.03. The lowest BCUT2D eigenvalue weighted by atomic mass is 9.88. The number of carbonyl (C=O) groups is 1. The van der Waals surface area contributed by atoms with E-state index in [0.29, 0.717) is 5.75 Å². The molecule has 182 valence electrons. The summed E-state index contributed by atoms with van der Waals surface area (Å²) >= 11 is 0. The van der Waals surface area contributed by atoms with Gasteiger partial charge in [-0.05, 0) is 78.8 Å². The monoisotopic (exact) mass is 490 g/mol. The number of allylic oxidation sites excluding steroid dienone is 1. The number of rotatable bonds is 8. The zero-order valence-corrected chi connectivity index (χ0v) is 21.3. The first-order valence-corrected chi connectivity index (χ1v) is 12.6. The number of ether oxygens (including phenoxy) is 1. The Balaban J connectivity index is 2.00. The van der Waals surface area contributed by atoms with Crippen LogP contribution in [0, 0.1) is 0 Å². The molecule has 0 saturated carbocycles. The molecule has 3 rings (SSSR count). The predicted octanol–water partition coefficient (Wildman–Crippen LogP) is 7.00. The van der Waals surface area contributed by atoms with E-state index in [0.717, 1.165) is 34.2 Å². The Kier molecular flexibility index (Phi) is 9.00. The van der Waals surface area contributed by atoms with Crippen molar-refractivity contribution >= 4 is 31.8 Å². The van der Waals surface area contributed by atoms with E-state index in [2.05, 4.69) is 19.1 Å². The zero-order valence-electron chi connectivity index (χ0n) is 20.4. The minimum atomic E-state index is -2.47. The molecule has 2 N–H and O–H groups in total. The summed E-state index contributed by atoms with van der Waals surface area (Å²) in [5, 5.41) is 0. The maximum atomic E-state index is 12.0. The summed E-state index contributed by atoms with van der Waals surface area (Å²) in [6, 6.07) is 25.5. The number of carbonyl (C=O) groups excluding carboxylic acids is 1. The lowest BCUT2D eigenvalue weighted by molar-refractivity contribution is -0.148. The maximum absolute atomic E-state index is 12.0. The zero-order chi connectivity index (χ0) is 25.4. The normalized spacial score (nSPS) is 12.5. The van der Waals surface area contributed by atoms with Crippen molar-refractivity contribution in [3.8, 4) is 5.75 Å². The Hall–Kier alpha value is -3.24. The fraction of sp³-hybridized carbons (Fsp3) is 0.207. The maximum Gasteiger partial charge on any atom is 0.391 e. The Morgan fingerprint density at radius 3 is 1.94 bits per heavy atom. The third kappa shape index (κ3) is 7.90. The van der Waals surface area contributed by atoms with Crippen molar-refractivity contribution in [1.82, 2.24) is 0 Å². The molecule has 0 aliphatic rings. The highest BCUT2D eigenvalue weighted by Gasteiger charge is 2.15. The second kappa shape index (κ2) is 11.9. The summed E-state index contributed by atoms with van der Waals surface area (Å²) in [6.07, 6.45) is 4.00. The molecule has 6 heteroatoms. The average Bonchev–Trinajstić information content (AvgIpc) is 2.81. The van der Waals surface area contributed by atoms with E-state index in [1.165, 1.54) is 11.6 Å². The number of benzene rings is 3. The quantitative estimate of drug-likeness (QED) is 0.154. The first kappa shape index (κ1) is 26.4. The van der Waals surface area contributed by atoms with E-state index >= 15 is 0 Å². The van der Waals surface area contributed by atoms with Gasteiger partial charge in [-0.25, -0.2) is 4.79 Å². The smallest absolute Gasteiger partial charge is 0.391 e. The minimum Gasteiger partial charge on any atom is -0.457 e. The predicted molar refractivity (Wildman–Crippen MR) is 142 cm³/mol. The molecule has 0 saturated heterocycles. The molecular formula is C29H31O5P. The van der Waals surface area contributed by atoms with E-state index in [1.54, 1.807) is 18.2 Å². The largest absolute Gasteiger partial charge is 0.457 e. The molecule has 0 unspecified atom stereocenters. The Labute approximate surface area is 208 Å². The third-order valence-corrected chi connectivity index (χ3v) is 5.50. The Morgan fingerprint density at radius 2 is 1.43 bits per heavy atom. The average molecular weight is 491 g/mol. The van der Waals surface area contributed by atoms with E-state index in [-0.39, 0.29) is 5.97 Å². The van der Waals surface area contributed by atoms with Crippen LogP contribution in [0.1, 0.15) is 56.4 Å². The molecule has 0 amide bonds. The minimum absolute atomic E-state index is 0.378. The van der Waals surface area contributed by atoms with Crippen LogP contribution in [-0.2, 0) is 9.53 Å². The summed E-state index contributed by atoms with van der Waals surface area (Å²) in [4.78, 5) is 30.3. The lowest BCUT2D eigenvalue weighted by Crippen LogP contribution is -2.22. The van der Waals surface area contributed by atoms with E-state index in [4.69, 9.17) is 19.0 Å². The van der Waals surface area contributed by atoms with Crippen LogP contribution in [0.2, 0.25) is 0 Å². The van der Waals surface area contributed by atoms with Gasteiger partial charge in [-0.3, -0.25) is 0 Å². The highest BCUT2D eigenvalue weighted by atomic mass is 31.2. The molecule has 0 fully saturated rings. The SMILES string of the molecule is CC/C(=C(\c1ccc(/C=C/C(=O)OC(C)(C)C)cc1)c1ccc(OP(O)O)cc1)c1ccccc1. The molecule has 0 radical (unpaired) electrons. The topological polar surface area (TPSA) is 76.0 Å². The molecule has 0 aliphatic heterocycles. The Bertz CT molecular complexity index is 1170. The van der Waals surface area contributed by atoms with Gasteiger partial charge in [-0.2, -0.15) is 0 Å². The number of esters is 1. The highest BCUT2D eigenvalue weighted by Crippen LogP contribution is 2.36. The van der Waals surface area contributed by atoms with Crippen LogP contribution < -0.4 is 4.52 Å². The summed E-state index contributed by atoms with van der Waals surface area (Å²) < 4.78 is 10.4. The highest BCUT2D eigenvalue weighted by molar-refractivity contribution is 7.39. The van der Waals surface area contributed by atoms with E-state index < -0.39 is 14.2 Å². The molecule has 0 atom stereocenters. The van der Waals surface area contributed by atoms with Crippen molar-refractivity contribution in [3.05, 3.63) is 107 Å². The van der Waals surface area contributed by atoms with Crippen molar-refractivity contribution in [1.29, 1.82) is 0 Å². The van der Waals surface area contributed by atoms with Crippen LogP contribution in [0.25, 0.3) is 17.2 Å². The van der Waals surface area contributed by atoms with Crippen molar-refractivity contribution in [2.24, 2.45) is 0 Å². The van der Waals surface area contributed by atoms with Gasteiger partial charge in [0, 0.05) is 6.08 Å². The van der Waals surface area contributed by atoms with Crippen LogP contribution >= 0.6 is 8.60 Å². The standard InChI is InChI=1S/C29H31O5P/c1-5-26(22-9-7-6-8-10-22)28(24-16-18-25(19-17-24)34-35(31)32)23-14-11-21(12-15-23)13-20-27(30)33-29(2,3)4/h6-20,31-32H,5H2,1-4H3/b20-13+,28-26-. The Morgan fingerprint density at radius 1 is 0.857 bits per heavy atom. The first-order chi connectivity index (χ1) is 16.7. The second-order valence-corrected chi connectivity index (χ2v) is 9.62. The van der Waals surface area contributed by atoms with E-state index in [1.807, 2.05) is 75.4 Å². The van der Waals surface area contributed by atoms with Crippen LogP contribution in [0.15, 0.2) is 84.9 Å². The first-order valence-electron chi connectivity index (χ1n) is 11.4. The van der Waals surface area contributed by atoms with Gasteiger partial charge in [0.2, 0.25) is 0 Å².